The molecular formula is C16H24N2. The molecule has 0 saturated carbocycles. The fourth-order valence-corrected chi connectivity index (χ4v) is 2.50. The van der Waals surface area contributed by atoms with Crippen LogP contribution in [0, 0.1) is 17.2 Å². The number of benzene rings is 1. The Balaban J connectivity index is 2.72. The second kappa shape index (κ2) is 7.89. The Labute approximate surface area is 111 Å². The van der Waals surface area contributed by atoms with Crippen LogP contribution >= 0.6 is 0 Å². The summed E-state index contributed by atoms with van der Waals surface area (Å²) in [6, 6.07) is 13.1. The van der Waals surface area contributed by atoms with Crippen LogP contribution in [0.3, 0.4) is 0 Å². The molecule has 0 bridgehead atoms. The maximum absolute atomic E-state index is 8.97. The third-order valence-electron chi connectivity index (χ3n) is 3.72. The van der Waals surface area contributed by atoms with Crippen molar-refractivity contribution in [3.8, 4) is 6.07 Å². The minimum Gasteiger partial charge on any atom is -0.306 e. The molecule has 0 aliphatic heterocycles. The van der Waals surface area contributed by atoms with E-state index < -0.39 is 0 Å². The zero-order valence-electron chi connectivity index (χ0n) is 11.7. The van der Waals surface area contributed by atoms with Gasteiger partial charge in [-0.05, 0) is 18.4 Å². The summed E-state index contributed by atoms with van der Waals surface area (Å²) in [4.78, 5) is 0. The highest BCUT2D eigenvalue weighted by Gasteiger charge is 2.18. The number of hydrogen-bond acceptors (Lipinski definition) is 2. The van der Waals surface area contributed by atoms with Crippen LogP contribution in [0.4, 0.5) is 0 Å². The van der Waals surface area contributed by atoms with Crippen molar-refractivity contribution in [1.82, 2.24) is 5.32 Å². The predicted molar refractivity (Wildman–Crippen MR) is 76.1 cm³/mol. The Bertz CT molecular complexity index is 362. The Morgan fingerprint density at radius 1 is 1.17 bits per heavy atom. The van der Waals surface area contributed by atoms with Crippen LogP contribution in [0.5, 0.6) is 0 Å². The lowest BCUT2D eigenvalue weighted by Gasteiger charge is -2.27. The average Bonchev–Trinajstić information content (AvgIpc) is 2.40. The molecule has 1 aromatic carbocycles. The van der Waals surface area contributed by atoms with E-state index in [4.69, 9.17) is 5.26 Å². The minimum atomic E-state index is 0.145. The Morgan fingerprint density at radius 3 is 2.28 bits per heavy atom. The monoisotopic (exact) mass is 244 g/mol. The molecular weight excluding hydrogens is 220 g/mol. The van der Waals surface area contributed by atoms with Crippen molar-refractivity contribution in [1.29, 1.82) is 5.26 Å². The van der Waals surface area contributed by atoms with E-state index in [0.717, 1.165) is 0 Å². The highest BCUT2D eigenvalue weighted by molar-refractivity contribution is 5.20. The van der Waals surface area contributed by atoms with Gasteiger partial charge < -0.3 is 5.32 Å². The molecule has 1 N–H and O–H groups in total. The summed E-state index contributed by atoms with van der Waals surface area (Å²) in [6.45, 7) is 6.69. The van der Waals surface area contributed by atoms with Crippen LogP contribution in [0.15, 0.2) is 30.3 Å². The van der Waals surface area contributed by atoms with Crippen molar-refractivity contribution in [2.75, 3.05) is 0 Å². The standard InChI is InChI=1S/C16H24N2/c1-4-14(5-2)13(3)18-16(11-12-17)15-9-7-6-8-10-15/h6-10,13-14,16,18H,4-5,11H2,1-3H3. The van der Waals surface area contributed by atoms with E-state index in [2.05, 4.69) is 44.3 Å². The van der Waals surface area contributed by atoms with Crippen LogP contribution in [0.1, 0.15) is 51.6 Å². The fraction of sp³-hybridized carbons (Fsp3) is 0.562. The number of nitriles is 1. The van der Waals surface area contributed by atoms with Crippen molar-refractivity contribution in [2.45, 2.75) is 52.1 Å². The molecule has 0 saturated heterocycles. The first kappa shape index (κ1) is 14.7. The highest BCUT2D eigenvalue weighted by Crippen LogP contribution is 2.20. The van der Waals surface area contributed by atoms with Gasteiger partial charge in [0, 0.05) is 12.1 Å². The lowest BCUT2D eigenvalue weighted by Crippen LogP contribution is -2.36. The van der Waals surface area contributed by atoms with Gasteiger partial charge in [-0.1, -0.05) is 57.0 Å². The minimum absolute atomic E-state index is 0.145. The normalized spacial score (nSPS) is 14.2. The van der Waals surface area contributed by atoms with Crippen LogP contribution in [0.25, 0.3) is 0 Å². The third-order valence-corrected chi connectivity index (χ3v) is 3.72. The number of hydrogen-bond donors (Lipinski definition) is 1. The maximum Gasteiger partial charge on any atom is 0.0641 e. The first-order chi connectivity index (χ1) is 8.72. The van der Waals surface area contributed by atoms with Crippen molar-refractivity contribution in [2.24, 2.45) is 5.92 Å². The van der Waals surface area contributed by atoms with E-state index >= 15 is 0 Å². The molecule has 0 amide bonds. The molecule has 0 radical (unpaired) electrons. The molecule has 2 atom stereocenters. The van der Waals surface area contributed by atoms with Crippen LogP contribution in [-0.2, 0) is 0 Å². The topological polar surface area (TPSA) is 35.8 Å². The Morgan fingerprint density at radius 2 is 1.78 bits per heavy atom. The molecule has 0 heterocycles. The lowest BCUT2D eigenvalue weighted by molar-refractivity contribution is 0.323. The van der Waals surface area contributed by atoms with Gasteiger partial charge in [-0.2, -0.15) is 5.26 Å². The van der Waals surface area contributed by atoms with E-state index in [9.17, 15) is 0 Å². The predicted octanol–water partition coefficient (Wildman–Crippen LogP) is 4.06. The molecule has 0 aromatic heterocycles. The summed E-state index contributed by atoms with van der Waals surface area (Å²) in [6.07, 6.45) is 2.88. The Hall–Kier alpha value is -1.33. The van der Waals surface area contributed by atoms with Gasteiger partial charge >= 0.3 is 0 Å². The van der Waals surface area contributed by atoms with Gasteiger partial charge in [-0.15, -0.1) is 0 Å². The molecule has 1 rings (SSSR count). The van der Waals surface area contributed by atoms with E-state index in [1.54, 1.807) is 0 Å². The van der Waals surface area contributed by atoms with E-state index in [1.165, 1.54) is 18.4 Å². The molecule has 0 aliphatic rings. The second-order valence-corrected chi connectivity index (χ2v) is 4.86. The van der Waals surface area contributed by atoms with Gasteiger partial charge in [-0.3, -0.25) is 0 Å². The first-order valence-electron chi connectivity index (χ1n) is 6.90. The zero-order valence-corrected chi connectivity index (χ0v) is 11.7. The summed E-state index contributed by atoms with van der Waals surface area (Å²) in [5, 5.41) is 12.6. The third kappa shape index (κ3) is 4.16. The van der Waals surface area contributed by atoms with E-state index in [1.807, 2.05) is 18.2 Å². The number of nitrogens with zero attached hydrogens (tertiary/aromatic N) is 1. The summed E-state index contributed by atoms with van der Waals surface area (Å²) < 4.78 is 0. The summed E-state index contributed by atoms with van der Waals surface area (Å²) in [5.41, 5.74) is 1.21. The van der Waals surface area contributed by atoms with Gasteiger partial charge in [0.15, 0.2) is 0 Å². The van der Waals surface area contributed by atoms with Crippen LogP contribution < -0.4 is 5.32 Å². The van der Waals surface area contributed by atoms with E-state index in [0.29, 0.717) is 18.4 Å². The van der Waals surface area contributed by atoms with Gasteiger partial charge in [-0.25, -0.2) is 0 Å². The summed E-state index contributed by atoms with van der Waals surface area (Å²) >= 11 is 0. The van der Waals surface area contributed by atoms with Gasteiger partial charge in [0.25, 0.3) is 0 Å². The molecule has 18 heavy (non-hydrogen) atoms. The summed E-state index contributed by atoms with van der Waals surface area (Å²) in [7, 11) is 0. The smallest absolute Gasteiger partial charge is 0.0641 e. The molecule has 98 valence electrons. The van der Waals surface area contributed by atoms with Crippen molar-refractivity contribution < 1.29 is 0 Å². The van der Waals surface area contributed by atoms with Gasteiger partial charge in [0.2, 0.25) is 0 Å². The van der Waals surface area contributed by atoms with Crippen molar-refractivity contribution in [3.05, 3.63) is 35.9 Å². The zero-order chi connectivity index (χ0) is 13.4. The molecule has 0 fully saturated rings. The van der Waals surface area contributed by atoms with Crippen molar-refractivity contribution in [3.63, 3.8) is 0 Å². The fourth-order valence-electron chi connectivity index (χ4n) is 2.50. The average molecular weight is 244 g/mol. The molecule has 2 unspecified atom stereocenters. The van der Waals surface area contributed by atoms with Gasteiger partial charge in [0.1, 0.15) is 0 Å². The number of rotatable bonds is 7. The SMILES string of the molecule is CCC(CC)C(C)NC(CC#N)c1ccccc1. The summed E-state index contributed by atoms with van der Waals surface area (Å²) in [5.74, 6) is 0.676. The van der Waals surface area contributed by atoms with Gasteiger partial charge in [0.05, 0.1) is 12.5 Å². The van der Waals surface area contributed by atoms with Crippen molar-refractivity contribution >= 4 is 0 Å². The largest absolute Gasteiger partial charge is 0.306 e. The van der Waals surface area contributed by atoms with Crippen LogP contribution in [-0.4, -0.2) is 6.04 Å². The molecule has 2 heteroatoms. The molecule has 0 aliphatic carbocycles. The second-order valence-electron chi connectivity index (χ2n) is 4.86. The first-order valence-corrected chi connectivity index (χ1v) is 6.90. The Kier molecular flexibility index (Phi) is 6.46. The molecule has 0 spiro atoms. The molecule has 2 nitrogen and oxygen atoms in total. The van der Waals surface area contributed by atoms with Crippen LogP contribution in [0.2, 0.25) is 0 Å². The highest BCUT2D eigenvalue weighted by atomic mass is 14.9. The lowest BCUT2D eigenvalue weighted by atomic mass is 9.93. The van der Waals surface area contributed by atoms with E-state index in [-0.39, 0.29) is 6.04 Å². The molecule has 1 aromatic rings. The quantitative estimate of drug-likeness (QED) is 0.785. The maximum atomic E-state index is 8.97. The number of nitrogens with one attached hydrogen (secondary N) is 1.